The quantitative estimate of drug-likeness (QED) is 0.429. The van der Waals surface area contributed by atoms with Crippen molar-refractivity contribution in [1.29, 1.82) is 0 Å². The maximum Gasteiger partial charge on any atom is 0.355 e. The highest BCUT2D eigenvalue weighted by Gasteiger charge is 2.33. The second-order valence-corrected chi connectivity index (χ2v) is 7.65. The Labute approximate surface area is 207 Å². The number of ether oxygens (including phenoxy) is 5. The number of anilines is 1. The van der Waals surface area contributed by atoms with Crippen LogP contribution in [0.4, 0.5) is 5.69 Å². The van der Waals surface area contributed by atoms with Crippen LogP contribution in [-0.4, -0.2) is 70.6 Å². The van der Waals surface area contributed by atoms with Gasteiger partial charge >= 0.3 is 23.9 Å². The van der Waals surface area contributed by atoms with Gasteiger partial charge in [0.2, 0.25) is 0 Å². The number of aromatic nitrogens is 1. The molecule has 0 unspecified atom stereocenters. The predicted octanol–water partition coefficient (Wildman–Crippen LogP) is 2.33. The molecule has 0 saturated heterocycles. The molecule has 0 saturated carbocycles. The highest BCUT2D eigenvalue weighted by molar-refractivity contribution is 6.07. The van der Waals surface area contributed by atoms with E-state index >= 15 is 0 Å². The van der Waals surface area contributed by atoms with E-state index in [4.69, 9.17) is 23.7 Å². The molecule has 1 aliphatic rings. The topological polar surface area (TPSA) is 131 Å². The van der Waals surface area contributed by atoms with Gasteiger partial charge in [0.15, 0.2) is 0 Å². The summed E-state index contributed by atoms with van der Waals surface area (Å²) < 4.78 is 25.1. The number of aryl methyl sites for hydroxylation is 2. The van der Waals surface area contributed by atoms with Gasteiger partial charge in [0.25, 0.3) is 0 Å². The minimum absolute atomic E-state index is 0.00977. The number of nitrogens with zero attached hydrogens (tertiary/aromatic N) is 2. The van der Waals surface area contributed by atoms with Crippen LogP contribution in [0.2, 0.25) is 0 Å². The molecule has 2 heterocycles. The molecule has 0 fully saturated rings. The molecule has 0 bridgehead atoms. The summed E-state index contributed by atoms with van der Waals surface area (Å²) in [7, 11) is 4.89. The molecule has 11 heteroatoms. The summed E-state index contributed by atoms with van der Waals surface area (Å²) in [5, 5.41) is 0. The monoisotopic (exact) mass is 498 g/mol. The Morgan fingerprint density at radius 1 is 0.778 bits per heavy atom. The first-order valence-electron chi connectivity index (χ1n) is 10.7. The number of pyridine rings is 1. The molecule has 1 aromatic carbocycles. The van der Waals surface area contributed by atoms with Crippen LogP contribution in [0.5, 0.6) is 0 Å². The van der Waals surface area contributed by atoms with E-state index in [0.29, 0.717) is 28.2 Å². The minimum Gasteiger partial charge on any atom is -0.466 e. The predicted molar refractivity (Wildman–Crippen MR) is 126 cm³/mol. The average Bonchev–Trinajstić information content (AvgIpc) is 2.90. The van der Waals surface area contributed by atoms with Gasteiger partial charge in [0.05, 0.1) is 63.1 Å². The molecule has 2 aromatic rings. The summed E-state index contributed by atoms with van der Waals surface area (Å²) in [4.78, 5) is 55.9. The summed E-state index contributed by atoms with van der Waals surface area (Å²) >= 11 is 0. The van der Waals surface area contributed by atoms with Crippen molar-refractivity contribution in [3.63, 3.8) is 0 Å². The van der Waals surface area contributed by atoms with Gasteiger partial charge in [-0.05, 0) is 31.5 Å². The lowest BCUT2D eigenvalue weighted by atomic mass is 9.92. The summed E-state index contributed by atoms with van der Waals surface area (Å²) in [6.45, 7) is 3.14. The van der Waals surface area contributed by atoms with E-state index in [0.717, 1.165) is 0 Å². The van der Waals surface area contributed by atoms with E-state index < -0.39 is 23.9 Å². The van der Waals surface area contributed by atoms with Crippen LogP contribution < -0.4 is 4.90 Å². The van der Waals surface area contributed by atoms with Crippen molar-refractivity contribution in [2.45, 2.75) is 13.8 Å². The molecular formula is C25H26N2O9. The van der Waals surface area contributed by atoms with Crippen LogP contribution in [0.15, 0.2) is 35.5 Å². The lowest BCUT2D eigenvalue weighted by Gasteiger charge is -2.31. The number of rotatable bonds is 6. The zero-order valence-electron chi connectivity index (χ0n) is 20.8. The van der Waals surface area contributed by atoms with E-state index in [1.54, 1.807) is 38.1 Å². The minimum atomic E-state index is -0.732. The highest BCUT2D eigenvalue weighted by Crippen LogP contribution is 2.35. The van der Waals surface area contributed by atoms with Crippen molar-refractivity contribution in [1.82, 2.24) is 4.98 Å². The Morgan fingerprint density at radius 3 is 1.75 bits per heavy atom. The molecular weight excluding hydrogens is 472 g/mol. The van der Waals surface area contributed by atoms with Gasteiger partial charge in [0, 0.05) is 11.3 Å². The van der Waals surface area contributed by atoms with Gasteiger partial charge in [-0.3, -0.25) is 4.98 Å². The third kappa shape index (κ3) is 4.78. The molecule has 0 N–H and O–H groups in total. The van der Waals surface area contributed by atoms with Gasteiger partial charge in [-0.25, -0.2) is 19.2 Å². The van der Waals surface area contributed by atoms with Crippen LogP contribution in [0.25, 0.3) is 11.1 Å². The molecule has 11 nitrogen and oxygen atoms in total. The number of carbonyl (C=O) groups is 4. The number of carbonyl (C=O) groups excluding carboxylic acids is 4. The molecule has 0 aliphatic carbocycles. The summed E-state index contributed by atoms with van der Waals surface area (Å²) in [6, 6.07) is 6.61. The van der Waals surface area contributed by atoms with Crippen molar-refractivity contribution < 1.29 is 42.9 Å². The molecule has 190 valence electrons. The van der Waals surface area contributed by atoms with Crippen molar-refractivity contribution >= 4 is 29.6 Å². The number of benzene rings is 1. The van der Waals surface area contributed by atoms with Gasteiger partial charge < -0.3 is 28.6 Å². The molecule has 0 spiro atoms. The third-order valence-corrected chi connectivity index (χ3v) is 5.64. The Hall–Kier alpha value is -4.25. The number of esters is 4. The van der Waals surface area contributed by atoms with E-state index in [-0.39, 0.29) is 35.7 Å². The Kier molecular flexibility index (Phi) is 8.05. The maximum atomic E-state index is 12.7. The zero-order chi connectivity index (χ0) is 26.6. The summed E-state index contributed by atoms with van der Waals surface area (Å²) in [5.41, 5.74) is 2.32. The lowest BCUT2D eigenvalue weighted by Crippen LogP contribution is -2.38. The van der Waals surface area contributed by atoms with Gasteiger partial charge in [0.1, 0.15) is 12.4 Å². The van der Waals surface area contributed by atoms with E-state index in [2.05, 4.69) is 4.98 Å². The van der Waals surface area contributed by atoms with Crippen LogP contribution >= 0.6 is 0 Å². The number of hydrogen-bond acceptors (Lipinski definition) is 11. The first-order chi connectivity index (χ1) is 17.2. The summed E-state index contributed by atoms with van der Waals surface area (Å²) in [5.74, 6) is -2.77. The molecule has 0 amide bonds. The molecule has 0 atom stereocenters. The van der Waals surface area contributed by atoms with Gasteiger partial charge in [-0.15, -0.1) is 0 Å². The molecule has 3 rings (SSSR count). The number of methoxy groups -OCH3 is 4. The van der Waals surface area contributed by atoms with E-state index in [9.17, 15) is 19.2 Å². The summed E-state index contributed by atoms with van der Waals surface area (Å²) in [6.07, 6.45) is 0. The van der Waals surface area contributed by atoms with Crippen LogP contribution in [-0.2, 0) is 33.3 Å². The number of hydrogen-bond donors (Lipinski definition) is 0. The standard InChI is InChI=1S/C25H26N2O9/c1-13-18(23(29)33-4)20(19(14(2)26-13)24(30)34-5)15-7-9-16(10-8-15)27-12-36-11-17(22(28)32-3)21(27)25(31)35-6/h7-10H,11-12H2,1-6H3. The van der Waals surface area contributed by atoms with Crippen molar-refractivity contribution in [3.8, 4) is 11.1 Å². The fourth-order valence-corrected chi connectivity index (χ4v) is 4.00. The van der Waals surface area contributed by atoms with Crippen LogP contribution in [0, 0.1) is 13.8 Å². The second kappa shape index (κ2) is 11.0. The lowest BCUT2D eigenvalue weighted by molar-refractivity contribution is -0.140. The molecule has 1 aromatic heterocycles. The highest BCUT2D eigenvalue weighted by atomic mass is 16.5. The Morgan fingerprint density at radius 2 is 1.28 bits per heavy atom. The smallest absolute Gasteiger partial charge is 0.355 e. The van der Waals surface area contributed by atoms with Crippen molar-refractivity contribution in [2.75, 3.05) is 46.7 Å². The fourth-order valence-electron chi connectivity index (χ4n) is 4.00. The third-order valence-electron chi connectivity index (χ3n) is 5.64. The van der Waals surface area contributed by atoms with E-state index in [1.807, 2.05) is 0 Å². The maximum absolute atomic E-state index is 12.7. The molecule has 36 heavy (non-hydrogen) atoms. The zero-order valence-corrected chi connectivity index (χ0v) is 20.8. The van der Waals surface area contributed by atoms with Crippen LogP contribution in [0.3, 0.4) is 0 Å². The normalized spacial score (nSPS) is 13.2. The first-order valence-corrected chi connectivity index (χ1v) is 10.7. The van der Waals surface area contributed by atoms with Gasteiger partial charge in [-0.1, -0.05) is 12.1 Å². The fraction of sp³-hybridized carbons (Fsp3) is 0.320. The van der Waals surface area contributed by atoms with E-state index in [1.165, 1.54) is 33.3 Å². The van der Waals surface area contributed by atoms with Crippen molar-refractivity contribution in [2.24, 2.45) is 0 Å². The SMILES string of the molecule is COC(=O)C1=C(C(=O)OC)N(c2ccc(-c3c(C(=O)OC)c(C)nc(C)c3C(=O)OC)cc2)COC1. The van der Waals surface area contributed by atoms with Crippen molar-refractivity contribution in [3.05, 3.63) is 58.1 Å². The first kappa shape index (κ1) is 26.4. The molecule has 1 aliphatic heterocycles. The average molecular weight is 498 g/mol. The Balaban J connectivity index is 2.19. The largest absolute Gasteiger partial charge is 0.466 e. The van der Waals surface area contributed by atoms with Gasteiger partial charge in [-0.2, -0.15) is 0 Å². The molecule has 0 radical (unpaired) electrons. The van der Waals surface area contributed by atoms with Crippen LogP contribution in [0.1, 0.15) is 32.1 Å². The second-order valence-electron chi connectivity index (χ2n) is 7.65. The Bertz CT molecular complexity index is 1210.